The minimum absolute atomic E-state index is 1.02. The summed E-state index contributed by atoms with van der Waals surface area (Å²) in [4.78, 5) is 8.36. The SMILES string of the molecule is C(=C\c1ccnc2ccccc12)/c1ccncc1. The van der Waals surface area contributed by atoms with Crippen LogP contribution in [0.4, 0.5) is 0 Å². The van der Waals surface area contributed by atoms with E-state index < -0.39 is 0 Å². The summed E-state index contributed by atoms with van der Waals surface area (Å²) in [7, 11) is 0. The molecular formula is C16H12N2. The molecule has 0 aliphatic rings. The van der Waals surface area contributed by atoms with Gasteiger partial charge in [-0.1, -0.05) is 30.4 Å². The largest absolute Gasteiger partial charge is 0.265 e. The van der Waals surface area contributed by atoms with E-state index in [0.717, 1.165) is 11.1 Å². The van der Waals surface area contributed by atoms with Crippen LogP contribution in [-0.2, 0) is 0 Å². The summed E-state index contributed by atoms with van der Waals surface area (Å²) >= 11 is 0. The van der Waals surface area contributed by atoms with Crippen LogP contribution in [0.25, 0.3) is 23.1 Å². The monoisotopic (exact) mass is 232 g/mol. The molecule has 2 aromatic heterocycles. The third kappa shape index (κ3) is 2.13. The van der Waals surface area contributed by atoms with Crippen LogP contribution >= 0.6 is 0 Å². The Labute approximate surface area is 106 Å². The summed E-state index contributed by atoms with van der Waals surface area (Å²) in [6.07, 6.45) is 9.63. The van der Waals surface area contributed by atoms with Crippen molar-refractivity contribution < 1.29 is 0 Å². The van der Waals surface area contributed by atoms with Gasteiger partial charge < -0.3 is 0 Å². The molecule has 0 spiro atoms. The molecule has 0 aliphatic carbocycles. The van der Waals surface area contributed by atoms with Crippen LogP contribution in [-0.4, -0.2) is 9.97 Å². The first-order valence-electron chi connectivity index (χ1n) is 5.85. The van der Waals surface area contributed by atoms with E-state index in [1.54, 1.807) is 12.4 Å². The predicted octanol–water partition coefficient (Wildman–Crippen LogP) is 3.80. The lowest BCUT2D eigenvalue weighted by Crippen LogP contribution is -1.81. The lowest BCUT2D eigenvalue weighted by atomic mass is 10.1. The molecule has 0 aliphatic heterocycles. The van der Waals surface area contributed by atoms with E-state index in [0.29, 0.717) is 0 Å². The van der Waals surface area contributed by atoms with Crippen LogP contribution in [0.3, 0.4) is 0 Å². The smallest absolute Gasteiger partial charge is 0.0707 e. The fourth-order valence-electron chi connectivity index (χ4n) is 1.92. The molecule has 86 valence electrons. The molecular weight excluding hydrogens is 220 g/mol. The minimum Gasteiger partial charge on any atom is -0.265 e. The zero-order valence-corrected chi connectivity index (χ0v) is 9.82. The highest BCUT2D eigenvalue weighted by atomic mass is 14.6. The van der Waals surface area contributed by atoms with E-state index in [1.807, 2.05) is 42.6 Å². The van der Waals surface area contributed by atoms with E-state index in [2.05, 4.69) is 28.2 Å². The molecule has 3 rings (SSSR count). The van der Waals surface area contributed by atoms with Crippen molar-refractivity contribution in [1.29, 1.82) is 0 Å². The first kappa shape index (κ1) is 10.7. The second-order valence-electron chi connectivity index (χ2n) is 4.03. The number of fused-ring (bicyclic) bond motifs is 1. The average molecular weight is 232 g/mol. The molecule has 0 amide bonds. The molecule has 2 heterocycles. The Morgan fingerprint density at radius 2 is 1.61 bits per heavy atom. The zero-order chi connectivity index (χ0) is 12.2. The lowest BCUT2D eigenvalue weighted by molar-refractivity contribution is 1.32. The summed E-state index contributed by atoms with van der Waals surface area (Å²) < 4.78 is 0. The van der Waals surface area contributed by atoms with E-state index in [-0.39, 0.29) is 0 Å². The maximum Gasteiger partial charge on any atom is 0.0707 e. The van der Waals surface area contributed by atoms with Crippen LogP contribution in [0.15, 0.2) is 61.1 Å². The van der Waals surface area contributed by atoms with Gasteiger partial charge in [-0.3, -0.25) is 9.97 Å². The fraction of sp³-hybridized carbons (Fsp3) is 0. The molecule has 0 fully saturated rings. The predicted molar refractivity (Wildman–Crippen MR) is 74.9 cm³/mol. The molecule has 18 heavy (non-hydrogen) atoms. The van der Waals surface area contributed by atoms with Crippen molar-refractivity contribution in [2.75, 3.05) is 0 Å². The summed E-state index contributed by atoms with van der Waals surface area (Å²) in [5.74, 6) is 0. The van der Waals surface area contributed by atoms with Crippen LogP contribution in [0.1, 0.15) is 11.1 Å². The van der Waals surface area contributed by atoms with Gasteiger partial charge in [-0.05, 0) is 35.4 Å². The molecule has 0 saturated heterocycles. The number of benzene rings is 1. The van der Waals surface area contributed by atoms with Gasteiger partial charge in [-0.25, -0.2) is 0 Å². The number of nitrogens with zero attached hydrogens (tertiary/aromatic N) is 2. The van der Waals surface area contributed by atoms with Crippen molar-refractivity contribution in [3.63, 3.8) is 0 Å². The number of pyridine rings is 2. The Hall–Kier alpha value is -2.48. The summed E-state index contributed by atoms with van der Waals surface area (Å²) in [6.45, 7) is 0. The summed E-state index contributed by atoms with van der Waals surface area (Å²) in [6, 6.07) is 14.2. The standard InChI is InChI=1S/C16H12N2/c1-2-4-16-15(3-1)14(9-12-18-16)6-5-13-7-10-17-11-8-13/h1-12H/b6-5+. The molecule has 0 atom stereocenters. The first-order valence-corrected chi connectivity index (χ1v) is 5.85. The Kier molecular flexibility index (Phi) is 2.84. The van der Waals surface area contributed by atoms with E-state index in [1.165, 1.54) is 10.9 Å². The maximum absolute atomic E-state index is 4.35. The third-order valence-electron chi connectivity index (χ3n) is 2.84. The highest BCUT2D eigenvalue weighted by molar-refractivity contribution is 5.90. The summed E-state index contributed by atoms with van der Waals surface area (Å²) in [5, 5.41) is 1.17. The Morgan fingerprint density at radius 1 is 0.778 bits per heavy atom. The van der Waals surface area contributed by atoms with Crippen LogP contribution in [0.2, 0.25) is 0 Å². The van der Waals surface area contributed by atoms with Crippen molar-refractivity contribution in [1.82, 2.24) is 9.97 Å². The molecule has 0 radical (unpaired) electrons. The first-order chi connectivity index (χ1) is 8.93. The third-order valence-corrected chi connectivity index (χ3v) is 2.84. The van der Waals surface area contributed by atoms with Crippen molar-refractivity contribution in [3.05, 3.63) is 72.2 Å². The molecule has 0 saturated carbocycles. The van der Waals surface area contributed by atoms with Gasteiger partial charge in [0.1, 0.15) is 0 Å². The Bertz CT molecular complexity index is 682. The molecule has 2 nitrogen and oxygen atoms in total. The van der Waals surface area contributed by atoms with Gasteiger partial charge in [0.2, 0.25) is 0 Å². The summed E-state index contributed by atoms with van der Waals surface area (Å²) in [5.41, 5.74) is 3.35. The van der Waals surface area contributed by atoms with Gasteiger partial charge in [0.25, 0.3) is 0 Å². The number of hydrogen-bond donors (Lipinski definition) is 0. The van der Waals surface area contributed by atoms with E-state index >= 15 is 0 Å². The maximum atomic E-state index is 4.35. The Balaban J connectivity index is 2.03. The van der Waals surface area contributed by atoms with Gasteiger partial charge in [-0.2, -0.15) is 0 Å². The van der Waals surface area contributed by atoms with E-state index in [9.17, 15) is 0 Å². The second kappa shape index (κ2) is 4.80. The number of hydrogen-bond acceptors (Lipinski definition) is 2. The Morgan fingerprint density at radius 3 is 2.50 bits per heavy atom. The van der Waals surface area contributed by atoms with E-state index in [4.69, 9.17) is 0 Å². The number of para-hydroxylation sites is 1. The number of aromatic nitrogens is 2. The lowest BCUT2D eigenvalue weighted by Gasteiger charge is -2.00. The molecule has 3 aromatic rings. The average Bonchev–Trinajstić information content (AvgIpc) is 2.46. The highest BCUT2D eigenvalue weighted by Gasteiger charge is 1.97. The van der Waals surface area contributed by atoms with Gasteiger partial charge in [0.05, 0.1) is 5.52 Å². The zero-order valence-electron chi connectivity index (χ0n) is 9.82. The topological polar surface area (TPSA) is 25.8 Å². The minimum atomic E-state index is 1.02. The molecule has 2 heteroatoms. The fourth-order valence-corrected chi connectivity index (χ4v) is 1.92. The molecule has 1 aromatic carbocycles. The van der Waals surface area contributed by atoms with Crippen LogP contribution in [0.5, 0.6) is 0 Å². The quantitative estimate of drug-likeness (QED) is 0.671. The van der Waals surface area contributed by atoms with Crippen molar-refractivity contribution >= 4 is 23.1 Å². The van der Waals surface area contributed by atoms with Crippen LogP contribution in [0, 0.1) is 0 Å². The van der Waals surface area contributed by atoms with Gasteiger partial charge >= 0.3 is 0 Å². The van der Waals surface area contributed by atoms with Crippen molar-refractivity contribution in [3.8, 4) is 0 Å². The normalized spacial score (nSPS) is 11.1. The van der Waals surface area contributed by atoms with Crippen LogP contribution < -0.4 is 0 Å². The molecule has 0 N–H and O–H groups in total. The number of rotatable bonds is 2. The highest BCUT2D eigenvalue weighted by Crippen LogP contribution is 2.18. The van der Waals surface area contributed by atoms with Gasteiger partial charge in [0, 0.05) is 24.0 Å². The van der Waals surface area contributed by atoms with Crippen molar-refractivity contribution in [2.24, 2.45) is 0 Å². The molecule has 0 unspecified atom stereocenters. The van der Waals surface area contributed by atoms with Gasteiger partial charge in [0.15, 0.2) is 0 Å². The van der Waals surface area contributed by atoms with Crippen molar-refractivity contribution in [2.45, 2.75) is 0 Å². The molecule has 0 bridgehead atoms. The second-order valence-corrected chi connectivity index (χ2v) is 4.03. The van der Waals surface area contributed by atoms with Gasteiger partial charge in [-0.15, -0.1) is 0 Å².